The molecule has 2 N–H and O–H groups in total. The van der Waals surface area contributed by atoms with Crippen molar-refractivity contribution in [1.82, 2.24) is 20.0 Å². The van der Waals surface area contributed by atoms with Gasteiger partial charge >= 0.3 is 0 Å². The standard InChI is InChI=1S/C20H20N6O2/c27-20(23-28)6-5-17-13-25(24-22-17)14-18-11-16-3-1-2-4-19(16)26(18)12-15-7-9-21-10-8-15/h1-5,7-11,28H,6,12-14H2,(H,23,27)/b17-5-. The lowest BCUT2D eigenvalue weighted by Gasteiger charge is -2.15. The average Bonchev–Trinajstić information content (AvgIpc) is 3.32. The van der Waals surface area contributed by atoms with Gasteiger partial charge in [-0.2, -0.15) is 0 Å². The number of benzene rings is 1. The zero-order valence-electron chi connectivity index (χ0n) is 15.2. The Morgan fingerprint density at radius 3 is 2.82 bits per heavy atom. The molecule has 0 fully saturated rings. The van der Waals surface area contributed by atoms with Gasteiger partial charge in [0.05, 0.1) is 18.8 Å². The first kappa shape index (κ1) is 17.9. The molecule has 4 rings (SSSR count). The zero-order valence-corrected chi connectivity index (χ0v) is 15.2. The highest BCUT2D eigenvalue weighted by Gasteiger charge is 2.17. The van der Waals surface area contributed by atoms with Crippen LogP contribution in [-0.4, -0.2) is 32.2 Å². The lowest BCUT2D eigenvalue weighted by atomic mass is 10.2. The molecule has 1 aromatic carbocycles. The minimum Gasteiger partial charge on any atom is -0.338 e. The van der Waals surface area contributed by atoms with Gasteiger partial charge in [-0.3, -0.25) is 20.0 Å². The molecule has 0 radical (unpaired) electrons. The van der Waals surface area contributed by atoms with Crippen LogP contribution in [-0.2, 0) is 17.9 Å². The number of carbonyl (C=O) groups is 1. The Bertz CT molecular complexity index is 1040. The van der Waals surface area contributed by atoms with E-state index in [0.717, 1.165) is 12.2 Å². The van der Waals surface area contributed by atoms with E-state index in [1.807, 2.05) is 29.3 Å². The van der Waals surface area contributed by atoms with Crippen LogP contribution < -0.4 is 5.48 Å². The Morgan fingerprint density at radius 2 is 2.00 bits per heavy atom. The van der Waals surface area contributed by atoms with Crippen molar-refractivity contribution in [3.05, 3.63) is 77.9 Å². The summed E-state index contributed by atoms with van der Waals surface area (Å²) in [5, 5.41) is 19.9. The maximum Gasteiger partial charge on any atom is 0.247 e. The largest absolute Gasteiger partial charge is 0.338 e. The number of carbonyl (C=O) groups excluding carboxylic acids is 1. The summed E-state index contributed by atoms with van der Waals surface area (Å²) in [6.07, 6.45) is 5.34. The molecule has 0 saturated heterocycles. The minimum atomic E-state index is -0.473. The van der Waals surface area contributed by atoms with Gasteiger partial charge in [-0.25, -0.2) is 5.48 Å². The number of hydrogen-bond acceptors (Lipinski definition) is 6. The van der Waals surface area contributed by atoms with Crippen LogP contribution >= 0.6 is 0 Å². The Morgan fingerprint density at radius 1 is 1.18 bits per heavy atom. The van der Waals surface area contributed by atoms with Crippen molar-refractivity contribution in [2.75, 3.05) is 6.54 Å². The number of amides is 1. The third kappa shape index (κ3) is 3.91. The summed E-state index contributed by atoms with van der Waals surface area (Å²) in [5.41, 5.74) is 5.79. The van der Waals surface area contributed by atoms with E-state index in [4.69, 9.17) is 5.21 Å². The molecule has 1 aliphatic rings. The summed E-state index contributed by atoms with van der Waals surface area (Å²) in [6, 6.07) is 14.5. The van der Waals surface area contributed by atoms with Crippen molar-refractivity contribution >= 4 is 16.8 Å². The van der Waals surface area contributed by atoms with Gasteiger partial charge in [-0.1, -0.05) is 23.4 Å². The van der Waals surface area contributed by atoms with E-state index in [1.54, 1.807) is 23.9 Å². The summed E-state index contributed by atoms with van der Waals surface area (Å²) in [4.78, 5) is 15.3. The van der Waals surface area contributed by atoms with E-state index in [-0.39, 0.29) is 6.42 Å². The molecule has 0 bridgehead atoms. The molecule has 0 spiro atoms. The second kappa shape index (κ2) is 8.01. The molecule has 3 heterocycles. The first-order chi connectivity index (χ1) is 13.7. The first-order valence-electron chi connectivity index (χ1n) is 8.97. The van der Waals surface area contributed by atoms with Crippen LogP contribution in [0.25, 0.3) is 10.9 Å². The summed E-state index contributed by atoms with van der Waals surface area (Å²) in [6.45, 7) is 1.87. The van der Waals surface area contributed by atoms with Gasteiger partial charge in [0.1, 0.15) is 0 Å². The lowest BCUT2D eigenvalue weighted by molar-refractivity contribution is -0.128. The molecule has 1 amide bonds. The van der Waals surface area contributed by atoms with Crippen molar-refractivity contribution < 1.29 is 10.0 Å². The Labute approximate surface area is 161 Å². The molecule has 0 atom stereocenters. The van der Waals surface area contributed by atoms with Crippen molar-refractivity contribution in [2.45, 2.75) is 19.5 Å². The number of hydroxylamine groups is 1. The van der Waals surface area contributed by atoms with Gasteiger partial charge in [-0.15, -0.1) is 5.11 Å². The number of nitrogens with zero attached hydrogens (tertiary/aromatic N) is 5. The second-order valence-electron chi connectivity index (χ2n) is 6.58. The number of hydrogen-bond donors (Lipinski definition) is 2. The summed E-state index contributed by atoms with van der Waals surface area (Å²) in [5.74, 6) is -0.473. The van der Waals surface area contributed by atoms with E-state index >= 15 is 0 Å². The fraction of sp³-hybridized carbons (Fsp3) is 0.200. The maximum absolute atomic E-state index is 11.2. The first-order valence-corrected chi connectivity index (χ1v) is 8.97. The van der Waals surface area contributed by atoms with Gasteiger partial charge in [-0.05, 0) is 41.3 Å². The van der Waals surface area contributed by atoms with Crippen molar-refractivity contribution in [1.29, 1.82) is 0 Å². The number of nitrogens with one attached hydrogen (secondary N) is 1. The topological polar surface area (TPSA) is 95.1 Å². The zero-order chi connectivity index (χ0) is 19.3. The lowest BCUT2D eigenvalue weighted by Crippen LogP contribution is -2.19. The average molecular weight is 376 g/mol. The van der Waals surface area contributed by atoms with Crippen LogP contribution in [0.15, 0.2) is 77.0 Å². The molecule has 8 nitrogen and oxygen atoms in total. The number of pyridine rings is 1. The van der Waals surface area contributed by atoms with E-state index in [2.05, 4.69) is 38.1 Å². The monoisotopic (exact) mass is 376 g/mol. The van der Waals surface area contributed by atoms with Gasteiger partial charge in [0.2, 0.25) is 5.91 Å². The number of fused-ring (bicyclic) bond motifs is 1. The molecular formula is C20H20N6O2. The Kier molecular flexibility index (Phi) is 5.11. The highest BCUT2D eigenvalue weighted by Crippen LogP contribution is 2.24. The smallest absolute Gasteiger partial charge is 0.247 e. The molecule has 28 heavy (non-hydrogen) atoms. The van der Waals surface area contributed by atoms with Crippen molar-refractivity contribution in [2.24, 2.45) is 10.3 Å². The van der Waals surface area contributed by atoms with Gasteiger partial charge < -0.3 is 4.57 Å². The summed E-state index contributed by atoms with van der Waals surface area (Å²) in [7, 11) is 0. The molecule has 3 aromatic rings. The van der Waals surface area contributed by atoms with Crippen LogP contribution in [0.1, 0.15) is 17.7 Å². The number of rotatable bonds is 6. The Hall–Kier alpha value is -3.52. The molecular weight excluding hydrogens is 356 g/mol. The van der Waals surface area contributed by atoms with Crippen LogP contribution in [0.3, 0.4) is 0 Å². The molecule has 8 heteroatoms. The maximum atomic E-state index is 11.2. The van der Waals surface area contributed by atoms with E-state index in [0.29, 0.717) is 18.8 Å². The number of para-hydroxylation sites is 1. The molecule has 142 valence electrons. The minimum absolute atomic E-state index is 0.0704. The molecule has 0 saturated carbocycles. The molecule has 0 aliphatic carbocycles. The van der Waals surface area contributed by atoms with Crippen LogP contribution in [0.5, 0.6) is 0 Å². The Balaban J connectivity index is 1.55. The van der Waals surface area contributed by atoms with Crippen LogP contribution in [0.2, 0.25) is 0 Å². The normalized spacial score (nSPS) is 14.9. The quantitative estimate of drug-likeness (QED) is 0.511. The third-order valence-electron chi connectivity index (χ3n) is 4.62. The van der Waals surface area contributed by atoms with Gasteiger partial charge in [0, 0.05) is 36.6 Å². The fourth-order valence-electron chi connectivity index (χ4n) is 3.26. The summed E-state index contributed by atoms with van der Waals surface area (Å²) < 4.78 is 2.28. The second-order valence-corrected chi connectivity index (χ2v) is 6.58. The number of aromatic nitrogens is 2. The molecule has 0 unspecified atom stereocenters. The van der Waals surface area contributed by atoms with E-state index in [9.17, 15) is 4.79 Å². The van der Waals surface area contributed by atoms with Crippen molar-refractivity contribution in [3.63, 3.8) is 0 Å². The SMILES string of the molecule is O=C(C/C=C1/CN(Cc2cc3ccccc3n2Cc2ccncc2)N=N1)NO. The third-order valence-corrected chi connectivity index (χ3v) is 4.62. The molecule has 1 aliphatic heterocycles. The van der Waals surface area contributed by atoms with E-state index < -0.39 is 5.91 Å². The van der Waals surface area contributed by atoms with Gasteiger partial charge in [0.15, 0.2) is 0 Å². The fourth-order valence-corrected chi connectivity index (χ4v) is 3.26. The van der Waals surface area contributed by atoms with Crippen LogP contribution in [0, 0.1) is 0 Å². The highest BCUT2D eigenvalue weighted by molar-refractivity contribution is 5.81. The van der Waals surface area contributed by atoms with Gasteiger partial charge in [0.25, 0.3) is 0 Å². The van der Waals surface area contributed by atoms with E-state index in [1.165, 1.54) is 16.5 Å². The molecule has 2 aromatic heterocycles. The summed E-state index contributed by atoms with van der Waals surface area (Å²) >= 11 is 0. The predicted molar refractivity (Wildman–Crippen MR) is 103 cm³/mol. The predicted octanol–water partition coefficient (Wildman–Crippen LogP) is 3.05. The highest BCUT2D eigenvalue weighted by atomic mass is 16.5. The van der Waals surface area contributed by atoms with Crippen LogP contribution in [0.4, 0.5) is 0 Å². The van der Waals surface area contributed by atoms with Crippen molar-refractivity contribution in [3.8, 4) is 0 Å².